The van der Waals surface area contributed by atoms with Crippen LogP contribution in [0.2, 0.25) is 0 Å². The minimum atomic E-state index is 0.336. The van der Waals surface area contributed by atoms with E-state index in [0.29, 0.717) is 30.3 Å². The van der Waals surface area contributed by atoms with Crippen LogP contribution in [0.1, 0.15) is 33.1 Å². The molecule has 2 aliphatic rings. The van der Waals surface area contributed by atoms with Gasteiger partial charge in [-0.05, 0) is 51.7 Å². The second-order valence-electron chi connectivity index (χ2n) is 7.24. The van der Waals surface area contributed by atoms with Crippen LogP contribution in [-0.2, 0) is 4.79 Å². The summed E-state index contributed by atoms with van der Waals surface area (Å²) < 4.78 is 0. The highest BCUT2D eigenvalue weighted by Gasteiger charge is 2.28. The highest BCUT2D eigenvalue weighted by atomic mass is 16.2. The van der Waals surface area contributed by atoms with E-state index in [-0.39, 0.29) is 0 Å². The number of rotatable bonds is 3. The van der Waals surface area contributed by atoms with Gasteiger partial charge in [0.1, 0.15) is 0 Å². The fourth-order valence-corrected chi connectivity index (χ4v) is 3.75. The molecule has 0 N–H and O–H groups in total. The first kappa shape index (κ1) is 15.8. The van der Waals surface area contributed by atoms with Gasteiger partial charge in [-0.25, -0.2) is 0 Å². The summed E-state index contributed by atoms with van der Waals surface area (Å²) in [5, 5.41) is 0. The first-order valence-electron chi connectivity index (χ1n) is 8.12. The molecule has 4 nitrogen and oxygen atoms in total. The summed E-state index contributed by atoms with van der Waals surface area (Å²) in [6.45, 7) is 9.16. The molecule has 2 rings (SSSR count). The average Bonchev–Trinajstić information content (AvgIpc) is 2.37. The Balaban J connectivity index is 1.84. The Morgan fingerprint density at radius 2 is 1.80 bits per heavy atom. The van der Waals surface area contributed by atoms with Crippen molar-refractivity contribution in [2.24, 2.45) is 11.8 Å². The van der Waals surface area contributed by atoms with Gasteiger partial charge in [0, 0.05) is 25.7 Å². The quantitative estimate of drug-likeness (QED) is 0.785. The summed E-state index contributed by atoms with van der Waals surface area (Å²) in [4.78, 5) is 19.2. The number of hydrogen-bond acceptors (Lipinski definition) is 3. The van der Waals surface area contributed by atoms with Crippen LogP contribution in [0.4, 0.5) is 0 Å². The Bertz CT molecular complexity index is 322. The molecule has 0 bridgehead atoms. The molecule has 0 aromatic heterocycles. The fraction of sp³-hybridized carbons (Fsp3) is 0.938. The van der Waals surface area contributed by atoms with E-state index in [2.05, 4.69) is 42.6 Å². The van der Waals surface area contributed by atoms with Crippen molar-refractivity contribution in [1.82, 2.24) is 14.7 Å². The average molecular weight is 281 g/mol. The molecule has 20 heavy (non-hydrogen) atoms. The maximum absolute atomic E-state index is 12.5. The fourth-order valence-electron chi connectivity index (χ4n) is 3.75. The lowest BCUT2D eigenvalue weighted by molar-refractivity contribution is -0.135. The Kier molecular flexibility index (Phi) is 5.44. The smallest absolute Gasteiger partial charge is 0.236 e. The molecule has 2 aliphatic heterocycles. The molecule has 2 heterocycles. The van der Waals surface area contributed by atoms with Crippen molar-refractivity contribution in [2.45, 2.75) is 39.2 Å². The normalized spacial score (nSPS) is 32.6. The number of carbonyl (C=O) groups is 1. The zero-order valence-corrected chi connectivity index (χ0v) is 13.6. The molecule has 0 spiro atoms. The zero-order valence-electron chi connectivity index (χ0n) is 13.6. The van der Waals surface area contributed by atoms with E-state index in [1.165, 1.54) is 19.3 Å². The molecule has 3 unspecified atom stereocenters. The molecular formula is C16H31N3O. The third-order valence-corrected chi connectivity index (χ3v) is 4.79. The van der Waals surface area contributed by atoms with Crippen LogP contribution >= 0.6 is 0 Å². The van der Waals surface area contributed by atoms with Gasteiger partial charge in [0.15, 0.2) is 0 Å². The van der Waals surface area contributed by atoms with Crippen molar-refractivity contribution in [2.75, 3.05) is 46.8 Å². The van der Waals surface area contributed by atoms with Gasteiger partial charge >= 0.3 is 0 Å². The maximum Gasteiger partial charge on any atom is 0.236 e. The maximum atomic E-state index is 12.5. The van der Waals surface area contributed by atoms with Crippen LogP contribution in [-0.4, -0.2) is 73.5 Å². The van der Waals surface area contributed by atoms with E-state index in [9.17, 15) is 4.79 Å². The highest BCUT2D eigenvalue weighted by Crippen LogP contribution is 2.21. The monoisotopic (exact) mass is 281 g/mol. The van der Waals surface area contributed by atoms with E-state index < -0.39 is 0 Å². The van der Waals surface area contributed by atoms with Crippen molar-refractivity contribution in [3.63, 3.8) is 0 Å². The molecule has 0 aromatic rings. The molecule has 0 aliphatic carbocycles. The van der Waals surface area contributed by atoms with Crippen molar-refractivity contribution in [3.8, 4) is 0 Å². The molecule has 116 valence electrons. The highest BCUT2D eigenvalue weighted by molar-refractivity contribution is 5.78. The van der Waals surface area contributed by atoms with Gasteiger partial charge in [-0.1, -0.05) is 13.8 Å². The molecule has 0 aromatic carbocycles. The number of likely N-dealkylation sites (N-methyl/N-ethyl adjacent to an activating group) is 1. The number of likely N-dealkylation sites (tertiary alicyclic amines) is 2. The first-order valence-corrected chi connectivity index (χ1v) is 8.12. The summed E-state index contributed by atoms with van der Waals surface area (Å²) in [5.41, 5.74) is 0. The lowest BCUT2D eigenvalue weighted by Crippen LogP contribution is -2.51. The van der Waals surface area contributed by atoms with Gasteiger partial charge in [-0.3, -0.25) is 9.69 Å². The van der Waals surface area contributed by atoms with E-state index in [1.807, 2.05) is 0 Å². The van der Waals surface area contributed by atoms with Gasteiger partial charge in [-0.2, -0.15) is 0 Å². The SMILES string of the molecule is CC1CC(C)CN(C(=O)CN2CCCC(N(C)C)C2)C1. The Hall–Kier alpha value is -0.610. The lowest BCUT2D eigenvalue weighted by Gasteiger charge is -2.39. The van der Waals surface area contributed by atoms with Crippen LogP contribution in [0, 0.1) is 11.8 Å². The molecule has 2 saturated heterocycles. The van der Waals surface area contributed by atoms with Crippen LogP contribution < -0.4 is 0 Å². The minimum absolute atomic E-state index is 0.336. The summed E-state index contributed by atoms with van der Waals surface area (Å²) in [6, 6.07) is 0.607. The molecule has 1 amide bonds. The standard InChI is InChI=1S/C16H31N3O/c1-13-8-14(2)10-19(9-13)16(20)12-18-7-5-6-15(11-18)17(3)4/h13-15H,5-12H2,1-4H3. The third-order valence-electron chi connectivity index (χ3n) is 4.79. The van der Waals surface area contributed by atoms with E-state index in [1.54, 1.807) is 0 Å². The van der Waals surface area contributed by atoms with E-state index >= 15 is 0 Å². The van der Waals surface area contributed by atoms with E-state index in [0.717, 1.165) is 26.2 Å². The lowest BCUT2D eigenvalue weighted by atomic mass is 9.92. The molecule has 0 saturated carbocycles. The molecule has 0 radical (unpaired) electrons. The Labute approximate surface area is 124 Å². The minimum Gasteiger partial charge on any atom is -0.341 e. The number of amides is 1. The van der Waals surface area contributed by atoms with Gasteiger partial charge in [0.2, 0.25) is 5.91 Å². The van der Waals surface area contributed by atoms with Crippen LogP contribution in [0.15, 0.2) is 0 Å². The molecule has 4 heteroatoms. The first-order chi connectivity index (χ1) is 9.45. The topological polar surface area (TPSA) is 26.8 Å². The number of carbonyl (C=O) groups excluding carboxylic acids is 1. The largest absolute Gasteiger partial charge is 0.341 e. The summed E-state index contributed by atoms with van der Waals surface area (Å²) in [5.74, 6) is 1.64. The number of hydrogen-bond donors (Lipinski definition) is 0. The summed E-state index contributed by atoms with van der Waals surface area (Å²) in [7, 11) is 4.29. The van der Waals surface area contributed by atoms with Crippen molar-refractivity contribution < 1.29 is 4.79 Å². The summed E-state index contributed by atoms with van der Waals surface area (Å²) >= 11 is 0. The number of piperidine rings is 2. The predicted octanol–water partition coefficient (Wildman–Crippen LogP) is 1.52. The van der Waals surface area contributed by atoms with Crippen molar-refractivity contribution >= 4 is 5.91 Å². The molecule has 3 atom stereocenters. The second kappa shape index (κ2) is 6.90. The second-order valence-corrected chi connectivity index (χ2v) is 7.24. The van der Waals surface area contributed by atoms with Crippen molar-refractivity contribution in [3.05, 3.63) is 0 Å². The number of nitrogens with zero attached hydrogens (tertiary/aromatic N) is 3. The Morgan fingerprint density at radius 3 is 2.40 bits per heavy atom. The van der Waals surface area contributed by atoms with E-state index in [4.69, 9.17) is 0 Å². The van der Waals surface area contributed by atoms with Gasteiger partial charge < -0.3 is 9.80 Å². The molecular weight excluding hydrogens is 250 g/mol. The van der Waals surface area contributed by atoms with Crippen LogP contribution in [0.5, 0.6) is 0 Å². The third kappa shape index (κ3) is 4.19. The van der Waals surface area contributed by atoms with Gasteiger partial charge in [0.25, 0.3) is 0 Å². The summed E-state index contributed by atoms with van der Waals surface area (Å²) in [6.07, 6.45) is 3.73. The zero-order chi connectivity index (χ0) is 14.7. The van der Waals surface area contributed by atoms with Crippen LogP contribution in [0.25, 0.3) is 0 Å². The van der Waals surface area contributed by atoms with Gasteiger partial charge in [0.05, 0.1) is 6.54 Å². The van der Waals surface area contributed by atoms with Crippen molar-refractivity contribution in [1.29, 1.82) is 0 Å². The van der Waals surface area contributed by atoms with Crippen LogP contribution in [0.3, 0.4) is 0 Å². The molecule has 2 fully saturated rings. The Morgan fingerprint density at radius 1 is 1.15 bits per heavy atom. The van der Waals surface area contributed by atoms with Gasteiger partial charge in [-0.15, -0.1) is 0 Å². The predicted molar refractivity (Wildman–Crippen MR) is 82.7 cm³/mol.